The quantitative estimate of drug-likeness (QED) is 0.342. The number of benzene rings is 3. The van der Waals surface area contributed by atoms with Crippen LogP contribution in [0.25, 0.3) is 0 Å². The van der Waals surface area contributed by atoms with E-state index in [1.807, 2.05) is 93.6 Å². The molecule has 0 fully saturated rings. The Balaban J connectivity index is 1.89. The second-order valence-electron chi connectivity index (χ2n) is 9.33. The van der Waals surface area contributed by atoms with E-state index >= 15 is 0 Å². The second-order valence-corrected chi connectivity index (χ2v) is 9.33. The maximum absolute atomic E-state index is 13.7. The van der Waals surface area contributed by atoms with Crippen LogP contribution in [-0.2, 0) is 22.6 Å². The zero-order valence-electron chi connectivity index (χ0n) is 21.9. The van der Waals surface area contributed by atoms with Crippen molar-refractivity contribution in [2.75, 3.05) is 13.2 Å². The molecule has 3 aromatic rings. The van der Waals surface area contributed by atoms with Gasteiger partial charge < -0.3 is 15.0 Å². The fraction of sp³-hybridized carbons (Fsp3) is 0.355. The maximum Gasteiger partial charge on any atom is 0.261 e. The number of unbranched alkanes of at least 4 members (excludes halogenated alkanes) is 1. The number of hydrogen-bond acceptors (Lipinski definition) is 3. The molecule has 0 bridgehead atoms. The number of ether oxygens (including phenoxy) is 1. The lowest BCUT2D eigenvalue weighted by Gasteiger charge is -2.32. The summed E-state index contributed by atoms with van der Waals surface area (Å²) < 4.78 is 5.91. The number of hydrogen-bond donors (Lipinski definition) is 1. The Morgan fingerprint density at radius 1 is 0.889 bits per heavy atom. The van der Waals surface area contributed by atoms with Crippen LogP contribution in [0, 0.1) is 20.8 Å². The summed E-state index contributed by atoms with van der Waals surface area (Å²) in [6, 6.07) is 23.0. The van der Waals surface area contributed by atoms with Gasteiger partial charge in [0.15, 0.2) is 6.61 Å². The molecule has 0 radical (unpaired) electrons. The van der Waals surface area contributed by atoms with Crippen LogP contribution in [0.2, 0.25) is 0 Å². The van der Waals surface area contributed by atoms with Crippen molar-refractivity contribution in [3.05, 3.63) is 101 Å². The number of rotatable bonds is 12. The topological polar surface area (TPSA) is 58.6 Å². The summed E-state index contributed by atoms with van der Waals surface area (Å²) in [4.78, 5) is 28.8. The van der Waals surface area contributed by atoms with Crippen LogP contribution in [-0.4, -0.2) is 35.9 Å². The molecular formula is C31H38N2O3. The highest BCUT2D eigenvalue weighted by molar-refractivity contribution is 5.88. The fourth-order valence-corrected chi connectivity index (χ4v) is 4.06. The summed E-state index contributed by atoms with van der Waals surface area (Å²) in [5, 5.41) is 3.05. The second kappa shape index (κ2) is 13.5. The molecule has 0 spiro atoms. The molecule has 36 heavy (non-hydrogen) atoms. The van der Waals surface area contributed by atoms with Gasteiger partial charge in [-0.05, 0) is 67.1 Å². The van der Waals surface area contributed by atoms with E-state index in [1.165, 1.54) is 5.56 Å². The molecule has 1 N–H and O–H groups in total. The Morgan fingerprint density at radius 2 is 1.61 bits per heavy atom. The molecule has 0 aliphatic heterocycles. The molecule has 5 nitrogen and oxygen atoms in total. The summed E-state index contributed by atoms with van der Waals surface area (Å²) in [7, 11) is 0. The first-order valence-corrected chi connectivity index (χ1v) is 12.7. The molecule has 1 atom stereocenters. The minimum absolute atomic E-state index is 0.137. The average molecular weight is 487 g/mol. The summed E-state index contributed by atoms with van der Waals surface area (Å²) in [5.41, 5.74) is 5.37. The van der Waals surface area contributed by atoms with Crippen LogP contribution in [0.3, 0.4) is 0 Å². The van der Waals surface area contributed by atoms with Gasteiger partial charge in [-0.1, -0.05) is 74.0 Å². The van der Waals surface area contributed by atoms with Crippen LogP contribution in [0.1, 0.15) is 47.6 Å². The largest absolute Gasteiger partial charge is 0.484 e. The summed E-state index contributed by atoms with van der Waals surface area (Å²) in [6.45, 7) is 8.96. The summed E-state index contributed by atoms with van der Waals surface area (Å²) in [5.74, 6) is 0.290. The van der Waals surface area contributed by atoms with E-state index in [9.17, 15) is 9.59 Å². The standard InChI is InChI=1S/C31H38N2O3/c1-5-6-18-32-31(35)29(20-26-13-8-7-9-14-26)33(21-27-15-11-10-12-24(27)3)30(34)22-36-28-17-16-23(2)25(4)19-28/h7-17,19,29H,5-6,18,20-22H2,1-4H3,(H,32,35). The van der Waals surface area contributed by atoms with E-state index < -0.39 is 6.04 Å². The molecule has 0 heterocycles. The number of amides is 2. The summed E-state index contributed by atoms with van der Waals surface area (Å²) in [6.07, 6.45) is 2.31. The van der Waals surface area contributed by atoms with Crippen LogP contribution in [0.4, 0.5) is 0 Å². The predicted molar refractivity (Wildman–Crippen MR) is 145 cm³/mol. The number of nitrogens with one attached hydrogen (secondary N) is 1. The SMILES string of the molecule is CCCCNC(=O)C(Cc1ccccc1)N(Cc1ccccc1C)C(=O)COc1ccc(C)c(C)c1. The van der Waals surface area contributed by atoms with Crippen LogP contribution >= 0.6 is 0 Å². The smallest absolute Gasteiger partial charge is 0.261 e. The average Bonchev–Trinajstić information content (AvgIpc) is 2.88. The van der Waals surface area contributed by atoms with Gasteiger partial charge in [-0.3, -0.25) is 9.59 Å². The molecule has 3 rings (SSSR count). The van der Waals surface area contributed by atoms with Crippen LogP contribution in [0.15, 0.2) is 72.8 Å². The number of aryl methyl sites for hydroxylation is 3. The minimum atomic E-state index is -0.653. The van der Waals surface area contributed by atoms with E-state index in [0.29, 0.717) is 25.3 Å². The molecule has 0 aromatic heterocycles. The molecule has 5 heteroatoms. The highest BCUT2D eigenvalue weighted by Gasteiger charge is 2.30. The van der Waals surface area contributed by atoms with Gasteiger partial charge in [-0.2, -0.15) is 0 Å². The Labute approximate surface area is 215 Å². The zero-order chi connectivity index (χ0) is 25.9. The van der Waals surface area contributed by atoms with E-state index in [-0.39, 0.29) is 18.4 Å². The third-order valence-corrected chi connectivity index (χ3v) is 6.54. The molecule has 0 aliphatic rings. The molecule has 1 unspecified atom stereocenters. The lowest BCUT2D eigenvalue weighted by Crippen LogP contribution is -2.52. The van der Waals surface area contributed by atoms with Gasteiger partial charge >= 0.3 is 0 Å². The molecule has 0 aliphatic carbocycles. The Kier molecular flexibility index (Phi) is 10.1. The predicted octanol–water partition coefficient (Wildman–Crippen LogP) is 5.55. The van der Waals surface area contributed by atoms with Crippen LogP contribution in [0.5, 0.6) is 5.75 Å². The van der Waals surface area contributed by atoms with Gasteiger partial charge in [0.05, 0.1) is 0 Å². The van der Waals surface area contributed by atoms with Crippen molar-refractivity contribution in [1.82, 2.24) is 10.2 Å². The zero-order valence-corrected chi connectivity index (χ0v) is 21.9. The Hall–Kier alpha value is -3.60. The molecule has 2 amide bonds. The molecular weight excluding hydrogens is 448 g/mol. The van der Waals surface area contributed by atoms with Crippen molar-refractivity contribution >= 4 is 11.8 Å². The lowest BCUT2D eigenvalue weighted by molar-refractivity contribution is -0.142. The van der Waals surface area contributed by atoms with Gasteiger partial charge in [0.1, 0.15) is 11.8 Å². The molecule has 3 aromatic carbocycles. The molecule has 190 valence electrons. The third-order valence-electron chi connectivity index (χ3n) is 6.54. The fourth-order valence-electron chi connectivity index (χ4n) is 4.06. The highest BCUT2D eigenvalue weighted by Crippen LogP contribution is 2.19. The van der Waals surface area contributed by atoms with Crippen molar-refractivity contribution in [3.63, 3.8) is 0 Å². The number of nitrogens with zero attached hydrogens (tertiary/aromatic N) is 1. The van der Waals surface area contributed by atoms with Gasteiger partial charge in [0.2, 0.25) is 5.91 Å². The van der Waals surface area contributed by atoms with Crippen molar-refractivity contribution < 1.29 is 14.3 Å². The first-order chi connectivity index (χ1) is 17.4. The van der Waals surface area contributed by atoms with E-state index in [0.717, 1.165) is 35.1 Å². The number of carbonyl (C=O) groups is 2. The Morgan fingerprint density at radius 3 is 2.31 bits per heavy atom. The van der Waals surface area contributed by atoms with Gasteiger partial charge in [-0.25, -0.2) is 0 Å². The Bertz CT molecular complexity index is 1140. The van der Waals surface area contributed by atoms with Crippen LogP contribution < -0.4 is 10.1 Å². The third kappa shape index (κ3) is 7.70. The first kappa shape index (κ1) is 27.0. The summed E-state index contributed by atoms with van der Waals surface area (Å²) >= 11 is 0. The van der Waals surface area contributed by atoms with E-state index in [2.05, 4.69) is 12.2 Å². The lowest BCUT2D eigenvalue weighted by atomic mass is 10.0. The molecule has 0 saturated carbocycles. The maximum atomic E-state index is 13.7. The van der Waals surface area contributed by atoms with Crippen molar-refractivity contribution in [1.29, 1.82) is 0 Å². The van der Waals surface area contributed by atoms with Gasteiger partial charge in [-0.15, -0.1) is 0 Å². The molecule has 0 saturated heterocycles. The van der Waals surface area contributed by atoms with Crippen molar-refractivity contribution in [2.24, 2.45) is 0 Å². The minimum Gasteiger partial charge on any atom is -0.484 e. The van der Waals surface area contributed by atoms with Gasteiger partial charge in [0, 0.05) is 19.5 Å². The van der Waals surface area contributed by atoms with Gasteiger partial charge in [0.25, 0.3) is 5.91 Å². The monoisotopic (exact) mass is 486 g/mol. The van der Waals surface area contributed by atoms with E-state index in [4.69, 9.17) is 4.74 Å². The highest BCUT2D eigenvalue weighted by atomic mass is 16.5. The van der Waals surface area contributed by atoms with E-state index in [1.54, 1.807) is 4.90 Å². The first-order valence-electron chi connectivity index (χ1n) is 12.7. The normalized spacial score (nSPS) is 11.6. The number of carbonyl (C=O) groups excluding carboxylic acids is 2. The van der Waals surface area contributed by atoms with Crippen molar-refractivity contribution in [3.8, 4) is 5.75 Å². The van der Waals surface area contributed by atoms with Crippen molar-refractivity contribution in [2.45, 2.75) is 59.5 Å².